The van der Waals surface area contributed by atoms with Crippen molar-refractivity contribution < 1.29 is 4.79 Å². The van der Waals surface area contributed by atoms with Crippen LogP contribution in [0.4, 0.5) is 0 Å². The van der Waals surface area contributed by atoms with Gasteiger partial charge >= 0.3 is 0 Å². The molecule has 0 aromatic heterocycles. The third-order valence-corrected chi connectivity index (χ3v) is 7.42. The number of carbonyl (C=O) groups excluding carboxylic acids is 1. The van der Waals surface area contributed by atoms with E-state index < -0.39 is 0 Å². The molecule has 1 rings (SSSR count). The van der Waals surface area contributed by atoms with Crippen LogP contribution in [0.25, 0.3) is 0 Å². The van der Waals surface area contributed by atoms with Crippen molar-refractivity contribution in [3.8, 4) is 0 Å². The van der Waals surface area contributed by atoms with Gasteiger partial charge in [-0.15, -0.1) is 0 Å². The molecule has 0 aromatic carbocycles. The molecule has 0 bridgehead atoms. The third kappa shape index (κ3) is 16.8. The highest BCUT2D eigenvalue weighted by Gasteiger charge is 2.26. The molecule has 0 fully saturated rings. The fourth-order valence-electron chi connectivity index (χ4n) is 5.13. The van der Waals surface area contributed by atoms with Crippen molar-refractivity contribution in [2.45, 2.75) is 137 Å². The van der Waals surface area contributed by atoms with E-state index in [0.29, 0.717) is 18.4 Å². The summed E-state index contributed by atoms with van der Waals surface area (Å²) >= 11 is 0. The van der Waals surface area contributed by atoms with Crippen LogP contribution in [0.5, 0.6) is 0 Å². The summed E-state index contributed by atoms with van der Waals surface area (Å²) < 4.78 is 0. The molecule has 36 heavy (non-hydrogen) atoms. The minimum Gasteiger partial charge on any atom is -0.353 e. The Bertz CT molecular complexity index is 719. The third-order valence-electron chi connectivity index (χ3n) is 7.42. The van der Waals surface area contributed by atoms with Gasteiger partial charge < -0.3 is 5.32 Å². The summed E-state index contributed by atoms with van der Waals surface area (Å²) in [4.78, 5) is 12.0. The summed E-state index contributed by atoms with van der Waals surface area (Å²) in [5.41, 5.74) is 3.32. The number of nitrogens with one attached hydrogen (secondary N) is 1. The molecule has 204 valence electrons. The van der Waals surface area contributed by atoms with Gasteiger partial charge in [-0.2, -0.15) is 0 Å². The zero-order chi connectivity index (χ0) is 26.3. The van der Waals surface area contributed by atoms with Gasteiger partial charge in [-0.1, -0.05) is 152 Å². The highest BCUT2D eigenvalue weighted by molar-refractivity contribution is 5.75. The zero-order valence-electron chi connectivity index (χ0n) is 24.3. The molecule has 0 saturated heterocycles. The maximum absolute atomic E-state index is 12.0. The second-order valence-electron chi connectivity index (χ2n) is 11.3. The normalized spacial score (nSPS) is 16.3. The SMILES string of the molecule is CCCCCCCCCCCCCCCC(=O)NC/C=C/C=C/C=C/C=C/C1=C(C)CCCC1(C)C. The van der Waals surface area contributed by atoms with Crippen LogP contribution >= 0.6 is 0 Å². The summed E-state index contributed by atoms with van der Waals surface area (Å²) in [5.74, 6) is 0.173. The van der Waals surface area contributed by atoms with Gasteiger partial charge in [-0.05, 0) is 43.6 Å². The summed E-state index contributed by atoms with van der Waals surface area (Å²) in [5, 5.41) is 2.99. The van der Waals surface area contributed by atoms with Crippen molar-refractivity contribution in [3.63, 3.8) is 0 Å². The first-order valence-electron chi connectivity index (χ1n) is 15.1. The van der Waals surface area contributed by atoms with Crippen molar-refractivity contribution in [1.82, 2.24) is 5.32 Å². The average molecular weight is 496 g/mol. The molecule has 0 atom stereocenters. The van der Waals surface area contributed by atoms with E-state index in [9.17, 15) is 4.79 Å². The van der Waals surface area contributed by atoms with Gasteiger partial charge in [0.05, 0.1) is 0 Å². The highest BCUT2D eigenvalue weighted by atomic mass is 16.1. The van der Waals surface area contributed by atoms with E-state index in [0.717, 1.165) is 6.42 Å². The van der Waals surface area contributed by atoms with Crippen molar-refractivity contribution in [2.24, 2.45) is 5.41 Å². The van der Waals surface area contributed by atoms with Gasteiger partial charge in [0.1, 0.15) is 0 Å². The number of amides is 1. The van der Waals surface area contributed by atoms with Gasteiger partial charge in [0.2, 0.25) is 5.91 Å². The predicted molar refractivity (Wildman–Crippen MR) is 160 cm³/mol. The van der Waals surface area contributed by atoms with E-state index in [1.54, 1.807) is 0 Å². The lowest BCUT2D eigenvalue weighted by Gasteiger charge is -2.32. The molecule has 0 aromatic rings. The smallest absolute Gasteiger partial charge is 0.220 e. The van der Waals surface area contributed by atoms with Crippen LogP contribution in [0, 0.1) is 5.41 Å². The monoisotopic (exact) mass is 495 g/mol. The number of rotatable bonds is 20. The highest BCUT2D eigenvalue weighted by Crippen LogP contribution is 2.40. The van der Waals surface area contributed by atoms with E-state index in [4.69, 9.17) is 0 Å². The zero-order valence-corrected chi connectivity index (χ0v) is 24.3. The fraction of sp³-hybridized carbons (Fsp3) is 0.676. The maximum Gasteiger partial charge on any atom is 0.220 e. The Labute approximate surface area is 224 Å². The number of carbonyl (C=O) groups is 1. The van der Waals surface area contributed by atoms with Gasteiger partial charge in [0, 0.05) is 13.0 Å². The molecule has 2 heteroatoms. The second kappa shape index (κ2) is 21.3. The van der Waals surface area contributed by atoms with Gasteiger partial charge in [0.15, 0.2) is 0 Å². The van der Waals surface area contributed by atoms with E-state index in [-0.39, 0.29) is 5.91 Å². The van der Waals surface area contributed by atoms with E-state index >= 15 is 0 Å². The van der Waals surface area contributed by atoms with E-state index in [2.05, 4.69) is 57.3 Å². The molecule has 1 N–H and O–H groups in total. The molecule has 0 aliphatic heterocycles. The standard InChI is InChI=1S/C34H57NO/c1-5-6-7-8-9-10-11-12-13-14-17-20-23-28-33(36)35-30-24-21-18-15-16-19-22-27-32-31(2)26-25-29-34(32,3)4/h15-16,18-19,21-22,24,27H,5-14,17,20,23,25-26,28-30H2,1-4H3,(H,35,36)/b18-15+,19-16+,24-21+,27-22+. The van der Waals surface area contributed by atoms with Crippen LogP contribution < -0.4 is 5.32 Å². The quantitative estimate of drug-likeness (QED) is 0.132. The first-order chi connectivity index (χ1) is 17.5. The summed E-state index contributed by atoms with van der Waals surface area (Å²) in [7, 11) is 0. The van der Waals surface area contributed by atoms with Gasteiger partial charge in [0.25, 0.3) is 0 Å². The average Bonchev–Trinajstić information content (AvgIpc) is 2.84. The number of allylic oxidation sites excluding steroid dienone is 9. The van der Waals surface area contributed by atoms with E-state index in [1.807, 2.05) is 24.3 Å². The Balaban J connectivity index is 1.98. The Morgan fingerprint density at radius 2 is 1.31 bits per heavy atom. The Morgan fingerprint density at radius 1 is 0.778 bits per heavy atom. The Kier molecular flexibility index (Phi) is 19.0. The second-order valence-corrected chi connectivity index (χ2v) is 11.3. The van der Waals surface area contributed by atoms with Crippen LogP contribution in [0.15, 0.2) is 59.8 Å². The number of unbranched alkanes of at least 4 members (excludes halogenated alkanes) is 12. The lowest BCUT2D eigenvalue weighted by Crippen LogP contribution is -2.22. The Hall–Kier alpha value is -1.83. The van der Waals surface area contributed by atoms with Crippen molar-refractivity contribution in [2.75, 3.05) is 6.54 Å². The lowest BCUT2D eigenvalue weighted by molar-refractivity contribution is -0.121. The molecule has 0 unspecified atom stereocenters. The van der Waals surface area contributed by atoms with E-state index in [1.165, 1.54) is 107 Å². The molecule has 1 aliphatic rings. The van der Waals surface area contributed by atoms with Gasteiger partial charge in [-0.25, -0.2) is 0 Å². The molecule has 0 saturated carbocycles. The van der Waals surface area contributed by atoms with Crippen LogP contribution in [-0.4, -0.2) is 12.5 Å². The van der Waals surface area contributed by atoms with Crippen molar-refractivity contribution in [3.05, 3.63) is 59.8 Å². The minimum atomic E-state index is 0.173. The largest absolute Gasteiger partial charge is 0.353 e. The molecule has 2 nitrogen and oxygen atoms in total. The molecule has 0 radical (unpaired) electrons. The molecule has 1 amide bonds. The van der Waals surface area contributed by atoms with Gasteiger partial charge in [-0.3, -0.25) is 4.79 Å². The summed E-state index contributed by atoms with van der Waals surface area (Å²) in [6, 6.07) is 0. The van der Waals surface area contributed by atoms with Crippen molar-refractivity contribution >= 4 is 5.91 Å². The predicted octanol–water partition coefficient (Wildman–Crippen LogP) is 10.3. The molecule has 0 heterocycles. The fourth-order valence-corrected chi connectivity index (χ4v) is 5.13. The van der Waals surface area contributed by atoms with Crippen LogP contribution in [0.3, 0.4) is 0 Å². The number of hydrogen-bond donors (Lipinski definition) is 1. The number of hydrogen-bond acceptors (Lipinski definition) is 1. The minimum absolute atomic E-state index is 0.173. The molecular formula is C34H57NO. The topological polar surface area (TPSA) is 29.1 Å². The first kappa shape index (κ1) is 32.2. The lowest BCUT2D eigenvalue weighted by atomic mass is 9.73. The Morgan fingerprint density at radius 3 is 1.89 bits per heavy atom. The first-order valence-corrected chi connectivity index (χ1v) is 15.1. The molecule has 1 aliphatic carbocycles. The van der Waals surface area contributed by atoms with Crippen molar-refractivity contribution in [1.29, 1.82) is 0 Å². The maximum atomic E-state index is 12.0. The van der Waals surface area contributed by atoms with Crippen LogP contribution in [0.2, 0.25) is 0 Å². The molecular weight excluding hydrogens is 438 g/mol. The summed E-state index contributed by atoms with van der Waals surface area (Å²) in [6.45, 7) is 9.85. The molecule has 0 spiro atoms. The van der Waals surface area contributed by atoms with Crippen LogP contribution in [0.1, 0.15) is 137 Å². The van der Waals surface area contributed by atoms with Crippen LogP contribution in [-0.2, 0) is 4.79 Å². The summed E-state index contributed by atoms with van der Waals surface area (Å²) in [6.07, 6.45) is 38.4.